The molecule has 2 aromatic rings. The number of anilines is 2. The second kappa shape index (κ2) is 5.56. The Morgan fingerprint density at radius 3 is 2.71 bits per heavy atom. The van der Waals surface area contributed by atoms with Gasteiger partial charge in [-0.1, -0.05) is 24.3 Å². The van der Waals surface area contributed by atoms with E-state index in [4.69, 9.17) is 5.73 Å². The Morgan fingerprint density at radius 2 is 1.95 bits per heavy atom. The van der Waals surface area contributed by atoms with Gasteiger partial charge in [0.05, 0.1) is 11.4 Å². The topological polar surface area (TPSA) is 55.1 Å². The SMILES string of the molecule is Nc1cc(F)ccc1NC(=O)C1CCc2ccccc2C1. The summed E-state index contributed by atoms with van der Waals surface area (Å²) in [7, 11) is 0. The summed E-state index contributed by atoms with van der Waals surface area (Å²) in [4.78, 5) is 12.4. The molecule has 1 aliphatic rings. The number of nitrogen functional groups attached to an aromatic ring is 1. The van der Waals surface area contributed by atoms with Crippen molar-refractivity contribution in [2.24, 2.45) is 5.92 Å². The van der Waals surface area contributed by atoms with Gasteiger partial charge in [-0.2, -0.15) is 0 Å². The van der Waals surface area contributed by atoms with E-state index < -0.39 is 5.82 Å². The maximum Gasteiger partial charge on any atom is 0.227 e. The Balaban J connectivity index is 1.72. The van der Waals surface area contributed by atoms with Crippen molar-refractivity contribution in [1.29, 1.82) is 0 Å². The van der Waals surface area contributed by atoms with E-state index in [2.05, 4.69) is 17.4 Å². The molecule has 0 spiro atoms. The van der Waals surface area contributed by atoms with Crippen LogP contribution in [0.15, 0.2) is 42.5 Å². The Morgan fingerprint density at radius 1 is 1.19 bits per heavy atom. The average Bonchev–Trinajstić information content (AvgIpc) is 2.49. The highest BCUT2D eigenvalue weighted by atomic mass is 19.1. The fraction of sp³-hybridized carbons (Fsp3) is 0.235. The van der Waals surface area contributed by atoms with Gasteiger partial charge in [0.2, 0.25) is 5.91 Å². The minimum Gasteiger partial charge on any atom is -0.397 e. The van der Waals surface area contributed by atoms with Gasteiger partial charge < -0.3 is 11.1 Å². The summed E-state index contributed by atoms with van der Waals surface area (Å²) in [5, 5.41) is 2.81. The lowest BCUT2D eigenvalue weighted by atomic mass is 9.83. The van der Waals surface area contributed by atoms with Gasteiger partial charge >= 0.3 is 0 Å². The molecule has 1 amide bonds. The summed E-state index contributed by atoms with van der Waals surface area (Å²) >= 11 is 0. The van der Waals surface area contributed by atoms with Gasteiger partial charge in [0.25, 0.3) is 0 Å². The Bertz CT molecular complexity index is 684. The van der Waals surface area contributed by atoms with Gasteiger partial charge in [-0.15, -0.1) is 0 Å². The maximum absolute atomic E-state index is 13.0. The number of hydrogen-bond donors (Lipinski definition) is 2. The van der Waals surface area contributed by atoms with Crippen LogP contribution in [0.2, 0.25) is 0 Å². The number of fused-ring (bicyclic) bond motifs is 1. The largest absolute Gasteiger partial charge is 0.397 e. The summed E-state index contributed by atoms with van der Waals surface area (Å²) in [6, 6.07) is 12.2. The highest BCUT2D eigenvalue weighted by Gasteiger charge is 2.24. The van der Waals surface area contributed by atoms with Gasteiger partial charge in [0.1, 0.15) is 5.82 Å². The normalized spacial score (nSPS) is 17.1. The fourth-order valence-corrected chi connectivity index (χ4v) is 2.80. The van der Waals surface area contributed by atoms with Crippen molar-refractivity contribution in [3.05, 3.63) is 59.4 Å². The first kappa shape index (κ1) is 13.6. The number of amides is 1. The minimum atomic E-state index is -0.405. The summed E-state index contributed by atoms with van der Waals surface area (Å²) in [5.74, 6) is -0.524. The first-order chi connectivity index (χ1) is 10.1. The van der Waals surface area contributed by atoms with Gasteiger partial charge in [0.15, 0.2) is 0 Å². The summed E-state index contributed by atoms with van der Waals surface area (Å²) in [6.07, 6.45) is 2.47. The number of benzene rings is 2. The van der Waals surface area contributed by atoms with Crippen LogP contribution in [-0.2, 0) is 17.6 Å². The molecule has 3 nitrogen and oxygen atoms in total. The number of rotatable bonds is 2. The third kappa shape index (κ3) is 2.89. The quantitative estimate of drug-likeness (QED) is 0.832. The van der Waals surface area contributed by atoms with E-state index in [0.29, 0.717) is 5.69 Å². The van der Waals surface area contributed by atoms with Crippen molar-refractivity contribution >= 4 is 17.3 Å². The molecule has 3 rings (SSSR count). The molecule has 0 fully saturated rings. The van der Waals surface area contributed by atoms with E-state index in [1.807, 2.05) is 12.1 Å². The molecule has 0 bridgehead atoms. The van der Waals surface area contributed by atoms with Crippen LogP contribution in [0.1, 0.15) is 17.5 Å². The number of halogens is 1. The molecule has 108 valence electrons. The third-order valence-electron chi connectivity index (χ3n) is 3.99. The third-order valence-corrected chi connectivity index (χ3v) is 3.99. The van der Waals surface area contributed by atoms with Crippen LogP contribution >= 0.6 is 0 Å². The minimum absolute atomic E-state index is 0.0530. The highest BCUT2D eigenvalue weighted by Crippen LogP contribution is 2.27. The fourth-order valence-electron chi connectivity index (χ4n) is 2.80. The molecular formula is C17H17FN2O. The van der Waals surface area contributed by atoms with Crippen molar-refractivity contribution in [3.8, 4) is 0 Å². The molecule has 1 atom stereocenters. The number of carbonyl (C=O) groups excluding carboxylic acids is 1. The van der Waals surface area contributed by atoms with Crippen molar-refractivity contribution < 1.29 is 9.18 Å². The maximum atomic E-state index is 13.0. The molecule has 21 heavy (non-hydrogen) atoms. The second-order valence-corrected chi connectivity index (χ2v) is 5.43. The summed E-state index contributed by atoms with van der Waals surface area (Å²) < 4.78 is 13.0. The van der Waals surface area contributed by atoms with Crippen LogP contribution in [0.3, 0.4) is 0 Å². The monoisotopic (exact) mass is 284 g/mol. The van der Waals surface area contributed by atoms with Gasteiger partial charge in [-0.25, -0.2) is 4.39 Å². The smallest absolute Gasteiger partial charge is 0.227 e. The predicted molar refractivity (Wildman–Crippen MR) is 81.4 cm³/mol. The standard InChI is InChI=1S/C17H17FN2O/c18-14-7-8-16(15(19)10-14)20-17(21)13-6-5-11-3-1-2-4-12(11)9-13/h1-4,7-8,10,13H,5-6,9,19H2,(H,20,21). The zero-order valence-electron chi connectivity index (χ0n) is 11.6. The van der Waals surface area contributed by atoms with Gasteiger partial charge in [-0.3, -0.25) is 4.79 Å². The van der Waals surface area contributed by atoms with Crippen molar-refractivity contribution in [2.45, 2.75) is 19.3 Å². The number of nitrogens with one attached hydrogen (secondary N) is 1. The molecule has 0 aliphatic heterocycles. The number of nitrogens with two attached hydrogens (primary N) is 1. The van der Waals surface area contributed by atoms with Crippen LogP contribution in [0, 0.1) is 11.7 Å². The Labute approximate surface area is 123 Å². The number of hydrogen-bond acceptors (Lipinski definition) is 2. The van der Waals surface area contributed by atoms with Crippen molar-refractivity contribution in [1.82, 2.24) is 0 Å². The van der Waals surface area contributed by atoms with Gasteiger partial charge in [0, 0.05) is 5.92 Å². The zero-order chi connectivity index (χ0) is 14.8. The molecule has 0 saturated carbocycles. The molecule has 0 saturated heterocycles. The molecule has 0 radical (unpaired) electrons. The Kier molecular flexibility index (Phi) is 3.60. The lowest BCUT2D eigenvalue weighted by molar-refractivity contribution is -0.120. The summed E-state index contributed by atoms with van der Waals surface area (Å²) in [5.41, 5.74) is 9.00. The molecule has 1 aliphatic carbocycles. The van der Waals surface area contributed by atoms with Crippen LogP contribution < -0.4 is 11.1 Å². The highest BCUT2D eigenvalue weighted by molar-refractivity contribution is 5.95. The average molecular weight is 284 g/mol. The van der Waals surface area contributed by atoms with E-state index in [9.17, 15) is 9.18 Å². The second-order valence-electron chi connectivity index (χ2n) is 5.43. The lowest BCUT2D eigenvalue weighted by Gasteiger charge is -2.24. The first-order valence-electron chi connectivity index (χ1n) is 7.06. The lowest BCUT2D eigenvalue weighted by Crippen LogP contribution is -2.28. The molecule has 3 N–H and O–H groups in total. The van der Waals surface area contributed by atoms with Gasteiger partial charge in [-0.05, 0) is 48.6 Å². The van der Waals surface area contributed by atoms with E-state index in [0.717, 1.165) is 19.3 Å². The number of aryl methyl sites for hydroxylation is 1. The van der Waals surface area contributed by atoms with Crippen LogP contribution in [0.5, 0.6) is 0 Å². The van der Waals surface area contributed by atoms with E-state index in [1.54, 1.807) is 0 Å². The van der Waals surface area contributed by atoms with E-state index >= 15 is 0 Å². The van der Waals surface area contributed by atoms with Crippen LogP contribution in [0.4, 0.5) is 15.8 Å². The Hall–Kier alpha value is -2.36. The van der Waals surface area contributed by atoms with Crippen molar-refractivity contribution in [3.63, 3.8) is 0 Å². The molecule has 2 aromatic carbocycles. The number of carbonyl (C=O) groups is 1. The predicted octanol–water partition coefficient (Wildman–Crippen LogP) is 3.15. The summed E-state index contributed by atoms with van der Waals surface area (Å²) in [6.45, 7) is 0. The van der Waals surface area contributed by atoms with E-state index in [-0.39, 0.29) is 17.5 Å². The molecule has 0 aromatic heterocycles. The molecule has 0 heterocycles. The molecule has 1 unspecified atom stereocenters. The van der Waals surface area contributed by atoms with Crippen molar-refractivity contribution in [2.75, 3.05) is 11.1 Å². The molecule has 4 heteroatoms. The van der Waals surface area contributed by atoms with Crippen LogP contribution in [0.25, 0.3) is 0 Å². The van der Waals surface area contributed by atoms with E-state index in [1.165, 1.54) is 29.3 Å². The zero-order valence-corrected chi connectivity index (χ0v) is 11.6. The molecular weight excluding hydrogens is 267 g/mol. The first-order valence-corrected chi connectivity index (χ1v) is 7.06. The van der Waals surface area contributed by atoms with Crippen LogP contribution in [-0.4, -0.2) is 5.91 Å².